The largest absolute Gasteiger partial charge is 0.481 e. The molecule has 1 heterocycles. The summed E-state index contributed by atoms with van der Waals surface area (Å²) >= 11 is 5.91. The predicted molar refractivity (Wildman–Crippen MR) is 79.4 cm³/mol. The van der Waals surface area contributed by atoms with Gasteiger partial charge < -0.3 is 9.63 Å². The van der Waals surface area contributed by atoms with Crippen molar-refractivity contribution < 1.29 is 14.4 Å². The van der Waals surface area contributed by atoms with E-state index in [2.05, 4.69) is 5.16 Å². The van der Waals surface area contributed by atoms with Gasteiger partial charge in [-0.3, -0.25) is 4.79 Å². The molecular formula is C16H16ClNO3. The predicted octanol–water partition coefficient (Wildman–Crippen LogP) is 4.14. The second kappa shape index (κ2) is 5.53. The van der Waals surface area contributed by atoms with Crippen molar-refractivity contribution in [2.75, 3.05) is 0 Å². The molecular weight excluding hydrogens is 290 g/mol. The monoisotopic (exact) mass is 305 g/mol. The van der Waals surface area contributed by atoms with E-state index in [1.54, 1.807) is 0 Å². The molecule has 2 atom stereocenters. The van der Waals surface area contributed by atoms with Gasteiger partial charge in [-0.1, -0.05) is 35.8 Å². The fourth-order valence-electron chi connectivity index (χ4n) is 3.14. The van der Waals surface area contributed by atoms with Crippen molar-refractivity contribution in [3.8, 4) is 11.3 Å². The maximum absolute atomic E-state index is 11.4. The lowest BCUT2D eigenvalue weighted by Gasteiger charge is -2.26. The normalized spacial score (nSPS) is 21.0. The van der Waals surface area contributed by atoms with Crippen LogP contribution < -0.4 is 0 Å². The molecule has 1 aliphatic carbocycles. The molecule has 5 heteroatoms. The molecule has 2 aromatic rings. The Morgan fingerprint density at radius 3 is 2.76 bits per heavy atom. The summed E-state index contributed by atoms with van der Waals surface area (Å²) in [6, 6.07) is 7.45. The van der Waals surface area contributed by atoms with E-state index < -0.39 is 5.97 Å². The maximum Gasteiger partial charge on any atom is 0.307 e. The Bertz CT molecular complexity index is 663. The Kier molecular flexibility index (Phi) is 3.72. The van der Waals surface area contributed by atoms with Crippen LogP contribution in [0.15, 0.2) is 28.8 Å². The Hall–Kier alpha value is -1.81. The number of hydrogen-bond acceptors (Lipinski definition) is 3. The highest BCUT2D eigenvalue weighted by atomic mass is 35.5. The Balaban J connectivity index is 2.02. The third-order valence-electron chi connectivity index (χ3n) is 4.22. The van der Waals surface area contributed by atoms with E-state index in [0.29, 0.717) is 17.9 Å². The number of hydrogen-bond donors (Lipinski definition) is 1. The number of aliphatic carboxylic acids is 1. The van der Waals surface area contributed by atoms with Crippen LogP contribution in [-0.2, 0) is 11.2 Å². The zero-order chi connectivity index (χ0) is 15.0. The van der Waals surface area contributed by atoms with E-state index in [-0.39, 0.29) is 11.8 Å². The molecule has 0 amide bonds. The van der Waals surface area contributed by atoms with Crippen molar-refractivity contribution in [1.29, 1.82) is 0 Å². The molecule has 0 bridgehead atoms. The lowest BCUT2D eigenvalue weighted by atomic mass is 9.76. The van der Waals surface area contributed by atoms with Crippen molar-refractivity contribution in [2.45, 2.75) is 32.1 Å². The molecule has 0 fully saturated rings. The van der Waals surface area contributed by atoms with E-state index in [0.717, 1.165) is 29.0 Å². The topological polar surface area (TPSA) is 63.3 Å². The molecule has 0 radical (unpaired) electrons. The van der Waals surface area contributed by atoms with E-state index >= 15 is 0 Å². The summed E-state index contributed by atoms with van der Waals surface area (Å²) in [5.41, 5.74) is 2.80. The first-order chi connectivity index (χ1) is 10.1. The number of carboxylic acids is 1. The SMILES string of the molecule is CC[C@@H]1c2onc(-c3ccc(Cl)cc3)c2CC[C@H]1C(=O)O. The van der Waals surface area contributed by atoms with Crippen molar-refractivity contribution >= 4 is 17.6 Å². The lowest BCUT2D eigenvalue weighted by Crippen LogP contribution is -2.26. The first-order valence-electron chi connectivity index (χ1n) is 7.09. The Labute approximate surface area is 127 Å². The Morgan fingerprint density at radius 2 is 2.14 bits per heavy atom. The van der Waals surface area contributed by atoms with Crippen LogP contribution in [-0.4, -0.2) is 16.2 Å². The molecule has 0 saturated heterocycles. The smallest absolute Gasteiger partial charge is 0.307 e. The summed E-state index contributed by atoms with van der Waals surface area (Å²) in [5.74, 6) is -0.494. The van der Waals surface area contributed by atoms with Gasteiger partial charge in [-0.05, 0) is 31.4 Å². The van der Waals surface area contributed by atoms with Gasteiger partial charge in [0.05, 0.1) is 5.92 Å². The number of fused-ring (bicyclic) bond motifs is 1. The van der Waals surface area contributed by atoms with Crippen molar-refractivity contribution in [3.05, 3.63) is 40.6 Å². The summed E-state index contributed by atoms with van der Waals surface area (Å²) in [6.45, 7) is 1.99. The molecule has 4 nitrogen and oxygen atoms in total. The van der Waals surface area contributed by atoms with Crippen LogP contribution in [0, 0.1) is 5.92 Å². The van der Waals surface area contributed by atoms with E-state index in [9.17, 15) is 9.90 Å². The third-order valence-corrected chi connectivity index (χ3v) is 4.47. The maximum atomic E-state index is 11.4. The summed E-state index contributed by atoms with van der Waals surface area (Å²) < 4.78 is 5.51. The minimum atomic E-state index is -0.753. The number of rotatable bonds is 3. The van der Waals surface area contributed by atoms with E-state index in [4.69, 9.17) is 16.1 Å². The average Bonchev–Trinajstić information content (AvgIpc) is 2.90. The number of carbonyl (C=O) groups is 1. The van der Waals surface area contributed by atoms with Gasteiger partial charge in [0.15, 0.2) is 0 Å². The molecule has 3 rings (SSSR count). The molecule has 0 saturated carbocycles. The van der Waals surface area contributed by atoms with Crippen LogP contribution in [0.25, 0.3) is 11.3 Å². The standard InChI is InChI=1S/C16H16ClNO3/c1-2-11-12(16(19)20)7-8-13-14(18-21-15(11)13)9-3-5-10(17)6-4-9/h3-6,11-12H,2,7-8H2,1H3,(H,19,20)/t11-,12+/m0/s1. The highest BCUT2D eigenvalue weighted by Crippen LogP contribution is 2.42. The molecule has 110 valence electrons. The van der Waals surface area contributed by atoms with Gasteiger partial charge in [-0.2, -0.15) is 0 Å². The number of aromatic nitrogens is 1. The fourth-order valence-corrected chi connectivity index (χ4v) is 3.26. The Morgan fingerprint density at radius 1 is 1.43 bits per heavy atom. The third kappa shape index (κ3) is 2.44. The van der Waals surface area contributed by atoms with Crippen LogP contribution >= 0.6 is 11.6 Å². The van der Waals surface area contributed by atoms with E-state index in [1.807, 2.05) is 31.2 Å². The van der Waals surface area contributed by atoms with Crippen LogP contribution in [0.3, 0.4) is 0 Å². The van der Waals surface area contributed by atoms with Crippen LogP contribution in [0.5, 0.6) is 0 Å². The molecule has 1 N–H and O–H groups in total. The molecule has 0 unspecified atom stereocenters. The first kappa shape index (κ1) is 14.1. The second-order valence-corrected chi connectivity index (χ2v) is 5.82. The lowest BCUT2D eigenvalue weighted by molar-refractivity contribution is -0.143. The van der Waals surface area contributed by atoms with Gasteiger partial charge in [0.2, 0.25) is 0 Å². The van der Waals surface area contributed by atoms with Crippen molar-refractivity contribution in [3.63, 3.8) is 0 Å². The molecule has 0 aliphatic heterocycles. The summed E-state index contributed by atoms with van der Waals surface area (Å²) in [6.07, 6.45) is 2.05. The van der Waals surface area contributed by atoms with Gasteiger partial charge in [0, 0.05) is 22.1 Å². The number of benzene rings is 1. The number of nitrogens with zero attached hydrogens (tertiary/aromatic N) is 1. The summed E-state index contributed by atoms with van der Waals surface area (Å²) in [4.78, 5) is 11.4. The zero-order valence-corrected chi connectivity index (χ0v) is 12.4. The van der Waals surface area contributed by atoms with Gasteiger partial charge >= 0.3 is 5.97 Å². The minimum absolute atomic E-state index is 0.0974. The molecule has 1 aromatic heterocycles. The quantitative estimate of drug-likeness (QED) is 0.926. The molecule has 0 spiro atoms. The van der Waals surface area contributed by atoms with Crippen LogP contribution in [0.1, 0.15) is 37.0 Å². The first-order valence-corrected chi connectivity index (χ1v) is 7.46. The minimum Gasteiger partial charge on any atom is -0.481 e. The number of carboxylic acid groups (broad SMARTS) is 1. The fraction of sp³-hybridized carbons (Fsp3) is 0.375. The van der Waals surface area contributed by atoms with Gasteiger partial charge in [-0.25, -0.2) is 0 Å². The second-order valence-electron chi connectivity index (χ2n) is 5.38. The van der Waals surface area contributed by atoms with Crippen molar-refractivity contribution in [2.24, 2.45) is 5.92 Å². The van der Waals surface area contributed by atoms with Crippen LogP contribution in [0.2, 0.25) is 5.02 Å². The summed E-state index contributed by atoms with van der Waals surface area (Å²) in [7, 11) is 0. The molecule has 21 heavy (non-hydrogen) atoms. The van der Waals surface area contributed by atoms with Gasteiger partial charge in [0.25, 0.3) is 0 Å². The van der Waals surface area contributed by atoms with Crippen molar-refractivity contribution in [1.82, 2.24) is 5.16 Å². The number of halogens is 1. The van der Waals surface area contributed by atoms with Crippen LogP contribution in [0.4, 0.5) is 0 Å². The van der Waals surface area contributed by atoms with E-state index in [1.165, 1.54) is 0 Å². The molecule has 1 aliphatic rings. The highest BCUT2D eigenvalue weighted by molar-refractivity contribution is 6.30. The zero-order valence-electron chi connectivity index (χ0n) is 11.7. The van der Waals surface area contributed by atoms with Gasteiger partial charge in [0.1, 0.15) is 11.5 Å². The van der Waals surface area contributed by atoms with Gasteiger partial charge in [-0.15, -0.1) is 0 Å². The molecule has 1 aromatic carbocycles. The summed E-state index contributed by atoms with van der Waals surface area (Å²) in [5, 5.41) is 14.2. The average molecular weight is 306 g/mol. The highest BCUT2D eigenvalue weighted by Gasteiger charge is 2.38.